The molecule has 1 heterocycles. The molecule has 1 saturated heterocycles. The molecule has 2 aromatic carbocycles. The Hall–Kier alpha value is -2.49. The summed E-state index contributed by atoms with van der Waals surface area (Å²) >= 11 is 0. The van der Waals surface area contributed by atoms with Crippen LogP contribution in [-0.4, -0.2) is 25.5 Å². The minimum atomic E-state index is 0.0399. The van der Waals surface area contributed by atoms with E-state index in [1.807, 2.05) is 12.1 Å². The summed E-state index contributed by atoms with van der Waals surface area (Å²) in [5.74, 6) is 0.0399. The van der Waals surface area contributed by atoms with Crippen LogP contribution in [0.3, 0.4) is 0 Å². The zero-order valence-corrected chi connectivity index (χ0v) is 15.8. The second-order valence-corrected chi connectivity index (χ2v) is 6.93. The number of hydrogen-bond donors (Lipinski definition) is 2. The monoisotopic (exact) mass is 351 g/mol. The molecule has 4 heteroatoms. The van der Waals surface area contributed by atoms with Gasteiger partial charge in [-0.05, 0) is 61.6 Å². The summed E-state index contributed by atoms with van der Waals surface area (Å²) < 4.78 is 0. The summed E-state index contributed by atoms with van der Waals surface area (Å²) in [6.45, 7) is 7.16. The molecule has 0 unspecified atom stereocenters. The lowest BCUT2D eigenvalue weighted by Crippen LogP contribution is -2.18. The van der Waals surface area contributed by atoms with Gasteiger partial charge in [-0.1, -0.05) is 25.1 Å². The molecule has 0 radical (unpaired) electrons. The molecule has 0 aliphatic carbocycles. The summed E-state index contributed by atoms with van der Waals surface area (Å²) in [6, 6.07) is 14.5. The molecule has 0 spiro atoms. The van der Waals surface area contributed by atoms with Crippen molar-refractivity contribution in [1.29, 1.82) is 0 Å². The number of rotatable bonds is 7. The summed E-state index contributed by atoms with van der Waals surface area (Å²) in [5, 5.41) is 6.42. The topological polar surface area (TPSA) is 44.4 Å². The van der Waals surface area contributed by atoms with E-state index in [-0.39, 0.29) is 5.91 Å². The number of anilines is 3. The molecule has 1 amide bonds. The van der Waals surface area contributed by atoms with Gasteiger partial charge in [0.05, 0.1) is 0 Å². The molecule has 3 rings (SSSR count). The first kappa shape index (κ1) is 18.3. The third-order valence-corrected chi connectivity index (χ3v) is 5.02. The molecule has 0 bridgehead atoms. The molecule has 0 aromatic heterocycles. The first-order valence-electron chi connectivity index (χ1n) is 9.64. The van der Waals surface area contributed by atoms with Gasteiger partial charge in [0.15, 0.2) is 0 Å². The molecule has 2 N–H and O–H groups in total. The molecule has 138 valence electrons. The van der Waals surface area contributed by atoms with Crippen molar-refractivity contribution in [3.63, 3.8) is 0 Å². The lowest BCUT2D eigenvalue weighted by atomic mass is 10.1. The summed E-state index contributed by atoms with van der Waals surface area (Å²) in [4.78, 5) is 14.6. The van der Waals surface area contributed by atoms with E-state index in [2.05, 4.69) is 59.7 Å². The fourth-order valence-electron chi connectivity index (χ4n) is 3.53. The maximum absolute atomic E-state index is 12.2. The first-order valence-corrected chi connectivity index (χ1v) is 9.64. The number of carbonyl (C=O) groups is 1. The van der Waals surface area contributed by atoms with Gasteiger partial charge < -0.3 is 15.5 Å². The number of benzene rings is 2. The normalized spacial score (nSPS) is 13.7. The highest BCUT2D eigenvalue weighted by atomic mass is 16.1. The smallest absolute Gasteiger partial charge is 0.226 e. The molecule has 1 aliphatic rings. The average molecular weight is 351 g/mol. The van der Waals surface area contributed by atoms with Crippen LogP contribution in [0.4, 0.5) is 17.1 Å². The second-order valence-electron chi connectivity index (χ2n) is 6.93. The van der Waals surface area contributed by atoms with Crippen LogP contribution in [0.2, 0.25) is 0 Å². The van der Waals surface area contributed by atoms with E-state index in [1.165, 1.54) is 29.7 Å². The maximum atomic E-state index is 12.2. The quantitative estimate of drug-likeness (QED) is 0.766. The Kier molecular flexibility index (Phi) is 6.16. The molecule has 1 fully saturated rings. The van der Waals surface area contributed by atoms with Gasteiger partial charge in [-0.2, -0.15) is 0 Å². The number of nitrogens with zero attached hydrogens (tertiary/aromatic N) is 1. The van der Waals surface area contributed by atoms with Gasteiger partial charge in [0.2, 0.25) is 5.91 Å². The summed E-state index contributed by atoms with van der Waals surface area (Å²) in [6.07, 6.45) is 3.98. The third-order valence-electron chi connectivity index (χ3n) is 5.02. The largest absolute Gasteiger partial charge is 0.384 e. The van der Waals surface area contributed by atoms with E-state index in [0.29, 0.717) is 13.0 Å². The van der Waals surface area contributed by atoms with Crippen molar-refractivity contribution in [2.45, 2.75) is 39.5 Å². The van der Waals surface area contributed by atoms with Gasteiger partial charge in [0.1, 0.15) is 0 Å². The molecule has 4 nitrogen and oxygen atoms in total. The number of aryl methyl sites for hydroxylation is 2. The van der Waals surface area contributed by atoms with Crippen molar-refractivity contribution in [3.8, 4) is 0 Å². The number of carbonyl (C=O) groups excluding carboxylic acids is 1. The van der Waals surface area contributed by atoms with Crippen molar-refractivity contribution >= 4 is 23.0 Å². The van der Waals surface area contributed by atoms with Gasteiger partial charge in [-0.3, -0.25) is 4.79 Å². The Morgan fingerprint density at radius 3 is 2.50 bits per heavy atom. The Morgan fingerprint density at radius 2 is 1.81 bits per heavy atom. The Bertz CT molecular complexity index is 734. The second kappa shape index (κ2) is 8.75. The van der Waals surface area contributed by atoms with E-state index in [1.54, 1.807) is 0 Å². The van der Waals surface area contributed by atoms with Crippen LogP contribution >= 0.6 is 0 Å². The highest BCUT2D eigenvalue weighted by Crippen LogP contribution is 2.23. The van der Waals surface area contributed by atoms with Crippen LogP contribution < -0.4 is 15.5 Å². The van der Waals surface area contributed by atoms with Gasteiger partial charge in [-0.25, -0.2) is 0 Å². The van der Waals surface area contributed by atoms with Crippen molar-refractivity contribution in [2.75, 3.05) is 35.2 Å². The Morgan fingerprint density at radius 1 is 1.08 bits per heavy atom. The SMILES string of the molecule is CCc1cccc(C)c1NCCC(=O)Nc1ccc(N2CCCC2)cc1. The fourth-order valence-corrected chi connectivity index (χ4v) is 3.53. The minimum absolute atomic E-state index is 0.0399. The van der Waals surface area contributed by atoms with Gasteiger partial charge in [0, 0.05) is 43.1 Å². The molecule has 0 saturated carbocycles. The zero-order valence-electron chi connectivity index (χ0n) is 15.8. The fraction of sp³-hybridized carbons (Fsp3) is 0.409. The predicted molar refractivity (Wildman–Crippen MR) is 110 cm³/mol. The molecular weight excluding hydrogens is 322 g/mol. The average Bonchev–Trinajstić information content (AvgIpc) is 3.18. The molecular formula is C22H29N3O. The van der Waals surface area contributed by atoms with E-state index < -0.39 is 0 Å². The highest BCUT2D eigenvalue weighted by Gasteiger charge is 2.12. The van der Waals surface area contributed by atoms with Gasteiger partial charge in [-0.15, -0.1) is 0 Å². The van der Waals surface area contributed by atoms with Gasteiger partial charge in [0.25, 0.3) is 0 Å². The van der Waals surface area contributed by atoms with E-state index >= 15 is 0 Å². The zero-order chi connectivity index (χ0) is 18.4. The lowest BCUT2D eigenvalue weighted by Gasteiger charge is -2.18. The van der Waals surface area contributed by atoms with Crippen molar-refractivity contribution in [3.05, 3.63) is 53.6 Å². The molecule has 0 atom stereocenters. The Balaban J connectivity index is 1.48. The maximum Gasteiger partial charge on any atom is 0.226 e. The van der Waals surface area contributed by atoms with Crippen molar-refractivity contribution in [1.82, 2.24) is 0 Å². The molecule has 1 aliphatic heterocycles. The Labute approximate surface area is 156 Å². The van der Waals surface area contributed by atoms with Crippen LogP contribution in [0.15, 0.2) is 42.5 Å². The predicted octanol–water partition coefficient (Wildman–Crippen LogP) is 4.60. The summed E-state index contributed by atoms with van der Waals surface area (Å²) in [5.41, 5.74) is 5.79. The van der Waals surface area contributed by atoms with E-state index in [9.17, 15) is 4.79 Å². The number of para-hydroxylation sites is 1. The van der Waals surface area contributed by atoms with Gasteiger partial charge >= 0.3 is 0 Å². The number of nitrogens with one attached hydrogen (secondary N) is 2. The lowest BCUT2D eigenvalue weighted by molar-refractivity contribution is -0.115. The van der Waals surface area contributed by atoms with Crippen molar-refractivity contribution < 1.29 is 4.79 Å². The van der Waals surface area contributed by atoms with E-state index in [4.69, 9.17) is 0 Å². The van der Waals surface area contributed by atoms with Crippen LogP contribution in [0.25, 0.3) is 0 Å². The van der Waals surface area contributed by atoms with Crippen LogP contribution in [-0.2, 0) is 11.2 Å². The van der Waals surface area contributed by atoms with E-state index in [0.717, 1.165) is 30.9 Å². The molecule has 26 heavy (non-hydrogen) atoms. The van der Waals surface area contributed by atoms with Crippen LogP contribution in [0.1, 0.15) is 37.3 Å². The van der Waals surface area contributed by atoms with Crippen LogP contribution in [0, 0.1) is 6.92 Å². The standard InChI is InChI=1S/C22H29N3O/c1-3-18-8-6-7-17(2)22(18)23-14-13-21(26)24-19-9-11-20(12-10-19)25-15-4-5-16-25/h6-12,23H,3-5,13-16H2,1-2H3,(H,24,26). The molecule has 2 aromatic rings. The van der Waals surface area contributed by atoms with Crippen LogP contribution in [0.5, 0.6) is 0 Å². The summed E-state index contributed by atoms with van der Waals surface area (Å²) in [7, 11) is 0. The number of hydrogen-bond acceptors (Lipinski definition) is 3. The van der Waals surface area contributed by atoms with Crippen molar-refractivity contribution in [2.24, 2.45) is 0 Å². The number of amides is 1. The minimum Gasteiger partial charge on any atom is -0.384 e. The third kappa shape index (κ3) is 4.57. The highest BCUT2D eigenvalue weighted by molar-refractivity contribution is 5.91. The first-order chi connectivity index (χ1) is 12.7.